The minimum Gasteiger partial charge on any atom is -0.481 e. The summed E-state index contributed by atoms with van der Waals surface area (Å²) in [4.78, 5) is 21.5. The van der Waals surface area contributed by atoms with Crippen molar-refractivity contribution < 1.29 is 4.74 Å². The van der Waals surface area contributed by atoms with Gasteiger partial charge in [0.2, 0.25) is 5.88 Å². The van der Waals surface area contributed by atoms with Gasteiger partial charge in [0.25, 0.3) is 5.56 Å². The summed E-state index contributed by atoms with van der Waals surface area (Å²) in [6, 6.07) is 9.10. The molecule has 0 saturated heterocycles. The third-order valence-electron chi connectivity index (χ3n) is 4.45. The number of rotatable bonds is 3. The molecule has 26 heavy (non-hydrogen) atoms. The second kappa shape index (κ2) is 6.11. The van der Waals surface area contributed by atoms with Crippen molar-refractivity contribution in [1.82, 2.24) is 24.3 Å². The van der Waals surface area contributed by atoms with E-state index in [-0.39, 0.29) is 5.56 Å². The highest BCUT2D eigenvalue weighted by molar-refractivity contribution is 5.88. The van der Waals surface area contributed by atoms with Gasteiger partial charge in [-0.3, -0.25) is 4.79 Å². The van der Waals surface area contributed by atoms with Gasteiger partial charge in [-0.25, -0.2) is 9.97 Å². The lowest BCUT2D eigenvalue weighted by Crippen LogP contribution is -2.21. The standard InChI is InChI=1S/C19H17N5O2/c1-12-15-11-22-24(16-6-4-5-8-20-16)19(25)18(15)13(2)23(12)14-7-9-21-17(10-14)26-3/h4-11H,1-3H3. The van der Waals surface area contributed by atoms with E-state index < -0.39 is 0 Å². The molecule has 4 aromatic heterocycles. The van der Waals surface area contributed by atoms with E-state index in [2.05, 4.69) is 15.1 Å². The maximum Gasteiger partial charge on any atom is 0.282 e. The van der Waals surface area contributed by atoms with Crippen molar-refractivity contribution in [2.24, 2.45) is 0 Å². The maximum absolute atomic E-state index is 13.1. The molecule has 0 saturated carbocycles. The first kappa shape index (κ1) is 16.0. The Hall–Kier alpha value is -3.48. The first-order valence-corrected chi connectivity index (χ1v) is 8.13. The van der Waals surface area contributed by atoms with Crippen LogP contribution >= 0.6 is 0 Å². The third-order valence-corrected chi connectivity index (χ3v) is 4.45. The Morgan fingerprint density at radius 3 is 2.62 bits per heavy atom. The summed E-state index contributed by atoms with van der Waals surface area (Å²) >= 11 is 0. The van der Waals surface area contributed by atoms with Crippen molar-refractivity contribution in [3.8, 4) is 17.4 Å². The van der Waals surface area contributed by atoms with Crippen LogP contribution < -0.4 is 10.3 Å². The van der Waals surface area contributed by atoms with Gasteiger partial charge >= 0.3 is 0 Å². The van der Waals surface area contributed by atoms with Gasteiger partial charge in [0.05, 0.1) is 24.4 Å². The molecule has 0 amide bonds. The monoisotopic (exact) mass is 347 g/mol. The van der Waals surface area contributed by atoms with E-state index in [0.29, 0.717) is 17.1 Å². The highest BCUT2D eigenvalue weighted by atomic mass is 16.5. The van der Waals surface area contributed by atoms with Crippen LogP contribution in [0.1, 0.15) is 11.4 Å². The molecule has 7 heteroatoms. The van der Waals surface area contributed by atoms with E-state index in [1.807, 2.05) is 36.6 Å². The summed E-state index contributed by atoms with van der Waals surface area (Å²) in [5.41, 5.74) is 2.46. The molecule has 0 aliphatic heterocycles. The summed E-state index contributed by atoms with van der Waals surface area (Å²) < 4.78 is 8.56. The normalized spacial score (nSPS) is 11.0. The number of aromatic nitrogens is 5. The summed E-state index contributed by atoms with van der Waals surface area (Å²) in [5, 5.41) is 5.75. The van der Waals surface area contributed by atoms with Crippen LogP contribution in [0, 0.1) is 13.8 Å². The predicted molar refractivity (Wildman–Crippen MR) is 98.3 cm³/mol. The Morgan fingerprint density at radius 2 is 1.88 bits per heavy atom. The van der Waals surface area contributed by atoms with Gasteiger partial charge < -0.3 is 9.30 Å². The molecule has 0 fully saturated rings. The fraction of sp³-hybridized carbons (Fsp3) is 0.158. The number of hydrogen-bond donors (Lipinski definition) is 0. The molecule has 4 aromatic rings. The van der Waals surface area contributed by atoms with E-state index in [9.17, 15) is 4.79 Å². The molecule has 0 spiro atoms. The molecule has 0 aliphatic rings. The Bertz CT molecular complexity index is 1160. The number of methoxy groups -OCH3 is 1. The van der Waals surface area contributed by atoms with Gasteiger partial charge in [-0.15, -0.1) is 0 Å². The molecule has 4 heterocycles. The lowest BCUT2D eigenvalue weighted by atomic mass is 10.2. The molecule has 130 valence electrons. The lowest BCUT2D eigenvalue weighted by Gasteiger charge is -2.10. The largest absolute Gasteiger partial charge is 0.481 e. The molecule has 0 radical (unpaired) electrons. The fourth-order valence-electron chi connectivity index (χ4n) is 3.24. The number of fused-ring (bicyclic) bond motifs is 1. The lowest BCUT2D eigenvalue weighted by molar-refractivity contribution is 0.397. The van der Waals surface area contributed by atoms with Gasteiger partial charge in [0.15, 0.2) is 5.82 Å². The fourth-order valence-corrected chi connectivity index (χ4v) is 3.24. The van der Waals surface area contributed by atoms with Crippen LogP contribution in [0.4, 0.5) is 0 Å². The summed E-state index contributed by atoms with van der Waals surface area (Å²) in [5.74, 6) is 1.01. The van der Waals surface area contributed by atoms with Crippen molar-refractivity contribution in [3.05, 3.63) is 70.7 Å². The van der Waals surface area contributed by atoms with Gasteiger partial charge in [0, 0.05) is 35.2 Å². The highest BCUT2D eigenvalue weighted by Crippen LogP contribution is 2.27. The molecule has 0 bridgehead atoms. The molecule has 0 atom stereocenters. The van der Waals surface area contributed by atoms with Gasteiger partial charge in [0.1, 0.15) is 0 Å². The molecular formula is C19H17N5O2. The van der Waals surface area contributed by atoms with E-state index in [4.69, 9.17) is 4.74 Å². The van der Waals surface area contributed by atoms with Gasteiger partial charge in [-0.05, 0) is 32.0 Å². The smallest absolute Gasteiger partial charge is 0.282 e. The van der Waals surface area contributed by atoms with Crippen LogP contribution in [0.5, 0.6) is 5.88 Å². The SMILES string of the molecule is COc1cc(-n2c(C)c3cnn(-c4ccccn4)c(=O)c3c2C)ccn1. The highest BCUT2D eigenvalue weighted by Gasteiger charge is 2.18. The van der Waals surface area contributed by atoms with E-state index in [1.54, 1.807) is 37.8 Å². The third kappa shape index (κ3) is 2.36. The van der Waals surface area contributed by atoms with Crippen LogP contribution in [0.3, 0.4) is 0 Å². The molecule has 7 nitrogen and oxygen atoms in total. The summed E-state index contributed by atoms with van der Waals surface area (Å²) in [7, 11) is 1.58. The zero-order valence-corrected chi connectivity index (χ0v) is 14.7. The van der Waals surface area contributed by atoms with Crippen molar-refractivity contribution in [2.75, 3.05) is 7.11 Å². The Labute approximate surface area is 149 Å². The van der Waals surface area contributed by atoms with Crippen LogP contribution in [0.2, 0.25) is 0 Å². The minimum absolute atomic E-state index is 0.193. The number of nitrogens with zero attached hydrogens (tertiary/aromatic N) is 5. The predicted octanol–water partition coefficient (Wildman–Crippen LogP) is 2.59. The summed E-state index contributed by atoms with van der Waals surface area (Å²) in [6.45, 7) is 3.89. The van der Waals surface area contributed by atoms with E-state index >= 15 is 0 Å². The minimum atomic E-state index is -0.193. The first-order chi connectivity index (χ1) is 12.6. The van der Waals surface area contributed by atoms with E-state index in [1.165, 1.54) is 4.68 Å². The molecule has 0 aromatic carbocycles. The van der Waals surface area contributed by atoms with Crippen molar-refractivity contribution >= 4 is 10.8 Å². The zero-order chi connectivity index (χ0) is 18.3. The van der Waals surface area contributed by atoms with Crippen LogP contribution in [0.25, 0.3) is 22.3 Å². The Morgan fingerprint density at radius 1 is 1.04 bits per heavy atom. The van der Waals surface area contributed by atoms with Crippen LogP contribution in [0.15, 0.2) is 53.7 Å². The molecule has 4 rings (SSSR count). The van der Waals surface area contributed by atoms with Gasteiger partial charge in [-0.2, -0.15) is 9.78 Å². The second-order valence-electron chi connectivity index (χ2n) is 5.90. The maximum atomic E-state index is 13.1. The summed E-state index contributed by atoms with van der Waals surface area (Å²) in [6.07, 6.45) is 5.03. The number of aryl methyl sites for hydroxylation is 2. The van der Waals surface area contributed by atoms with Crippen LogP contribution in [-0.2, 0) is 0 Å². The number of ether oxygens (including phenoxy) is 1. The Balaban J connectivity index is 2.00. The molecule has 0 unspecified atom stereocenters. The molecule has 0 aliphatic carbocycles. The van der Waals surface area contributed by atoms with Crippen molar-refractivity contribution in [2.45, 2.75) is 13.8 Å². The van der Waals surface area contributed by atoms with E-state index in [0.717, 1.165) is 22.5 Å². The van der Waals surface area contributed by atoms with Crippen LogP contribution in [-0.4, -0.2) is 31.4 Å². The Kier molecular flexibility index (Phi) is 3.76. The number of hydrogen-bond acceptors (Lipinski definition) is 5. The topological polar surface area (TPSA) is 74.8 Å². The molecule has 0 N–H and O–H groups in total. The van der Waals surface area contributed by atoms with Gasteiger partial charge in [-0.1, -0.05) is 6.07 Å². The quantitative estimate of drug-likeness (QED) is 0.569. The molecular weight excluding hydrogens is 330 g/mol. The first-order valence-electron chi connectivity index (χ1n) is 8.13. The second-order valence-corrected chi connectivity index (χ2v) is 5.90. The van der Waals surface area contributed by atoms with Crippen molar-refractivity contribution in [3.63, 3.8) is 0 Å². The van der Waals surface area contributed by atoms with Crippen molar-refractivity contribution in [1.29, 1.82) is 0 Å². The average molecular weight is 347 g/mol. The zero-order valence-electron chi connectivity index (χ0n) is 14.7. The average Bonchev–Trinajstić information content (AvgIpc) is 2.94. The number of pyridine rings is 2.